The van der Waals surface area contributed by atoms with Crippen LogP contribution in [0.25, 0.3) is 11.1 Å². The molecule has 0 saturated carbocycles. The Hall–Kier alpha value is -1.56. The van der Waals surface area contributed by atoms with Crippen LogP contribution in [-0.4, -0.2) is 0 Å². The smallest absolute Gasteiger partial charge is 0.00733 e. The van der Waals surface area contributed by atoms with Crippen LogP contribution in [0, 0.1) is 13.8 Å². The van der Waals surface area contributed by atoms with Gasteiger partial charge in [-0.1, -0.05) is 54.4 Å². The first-order valence-electron chi connectivity index (χ1n) is 5.88. The van der Waals surface area contributed by atoms with Crippen molar-refractivity contribution in [2.75, 3.05) is 0 Å². The second kappa shape index (κ2) is 3.21. The second-order valence-corrected chi connectivity index (χ2v) is 4.90. The fraction of sp³-hybridized carbons (Fsp3) is 0.250. The van der Waals surface area contributed by atoms with E-state index in [-0.39, 0.29) is 0 Å². The Morgan fingerprint density at radius 2 is 1.19 bits per heavy atom. The third kappa shape index (κ3) is 1.23. The molecule has 0 amide bonds. The lowest BCUT2D eigenvalue weighted by Crippen LogP contribution is -1.89. The predicted molar refractivity (Wildman–Crippen MR) is 68.9 cm³/mol. The lowest BCUT2D eigenvalue weighted by Gasteiger charge is -2.05. The molecule has 0 bridgehead atoms. The van der Waals surface area contributed by atoms with Crippen LogP contribution in [-0.2, 0) is 0 Å². The summed E-state index contributed by atoms with van der Waals surface area (Å²) in [5, 5.41) is 0. The fourth-order valence-electron chi connectivity index (χ4n) is 2.73. The van der Waals surface area contributed by atoms with E-state index in [4.69, 9.17) is 0 Å². The topological polar surface area (TPSA) is 0 Å². The van der Waals surface area contributed by atoms with Crippen LogP contribution in [0.5, 0.6) is 0 Å². The van der Waals surface area contributed by atoms with Crippen LogP contribution in [0.15, 0.2) is 36.4 Å². The molecule has 3 rings (SSSR count). The third-order valence-corrected chi connectivity index (χ3v) is 3.64. The van der Waals surface area contributed by atoms with E-state index >= 15 is 0 Å². The highest BCUT2D eigenvalue weighted by Gasteiger charge is 2.24. The molecule has 0 aliphatic heterocycles. The molecule has 2 aromatic carbocycles. The van der Waals surface area contributed by atoms with Gasteiger partial charge >= 0.3 is 0 Å². The van der Waals surface area contributed by atoms with Crippen molar-refractivity contribution in [3.63, 3.8) is 0 Å². The van der Waals surface area contributed by atoms with Gasteiger partial charge in [-0.05, 0) is 36.1 Å². The van der Waals surface area contributed by atoms with E-state index in [1.54, 1.807) is 0 Å². The van der Waals surface area contributed by atoms with Gasteiger partial charge in [0.05, 0.1) is 0 Å². The molecule has 0 radical (unpaired) electrons. The Balaban J connectivity index is 2.33. The Morgan fingerprint density at radius 3 is 1.62 bits per heavy atom. The maximum absolute atomic E-state index is 2.32. The summed E-state index contributed by atoms with van der Waals surface area (Å²) in [6, 6.07) is 13.6. The average Bonchev–Trinajstić information content (AvgIpc) is 2.52. The summed E-state index contributed by atoms with van der Waals surface area (Å²) in [6.45, 7) is 6.63. The molecule has 0 heteroatoms. The van der Waals surface area contributed by atoms with Gasteiger partial charge in [-0.15, -0.1) is 0 Å². The van der Waals surface area contributed by atoms with Crippen molar-refractivity contribution in [1.82, 2.24) is 0 Å². The SMILES string of the molecule is Cc1ccc2c(c1)-c1cc(C)ccc1C2C. The zero-order chi connectivity index (χ0) is 11.3. The molecule has 0 nitrogen and oxygen atoms in total. The van der Waals surface area contributed by atoms with E-state index in [0.717, 1.165) is 0 Å². The van der Waals surface area contributed by atoms with Gasteiger partial charge in [0.15, 0.2) is 0 Å². The summed E-state index contributed by atoms with van der Waals surface area (Å²) in [6.07, 6.45) is 0. The average molecular weight is 208 g/mol. The lowest BCUT2D eigenvalue weighted by atomic mass is 9.98. The molecule has 16 heavy (non-hydrogen) atoms. The summed E-state index contributed by atoms with van der Waals surface area (Å²) < 4.78 is 0. The minimum Gasteiger partial charge on any atom is -0.0590 e. The van der Waals surface area contributed by atoms with Crippen molar-refractivity contribution >= 4 is 0 Å². The van der Waals surface area contributed by atoms with Crippen molar-refractivity contribution in [1.29, 1.82) is 0 Å². The first-order chi connectivity index (χ1) is 7.66. The van der Waals surface area contributed by atoms with Crippen LogP contribution in [0.3, 0.4) is 0 Å². The molecule has 1 aliphatic carbocycles. The maximum atomic E-state index is 2.32. The molecule has 0 heterocycles. The van der Waals surface area contributed by atoms with E-state index in [2.05, 4.69) is 57.2 Å². The zero-order valence-corrected chi connectivity index (χ0v) is 10.0. The third-order valence-electron chi connectivity index (χ3n) is 3.64. The number of fused-ring (bicyclic) bond motifs is 3. The van der Waals surface area contributed by atoms with Crippen molar-refractivity contribution in [2.45, 2.75) is 26.7 Å². The monoisotopic (exact) mass is 208 g/mol. The molecule has 0 aromatic heterocycles. The van der Waals surface area contributed by atoms with Gasteiger partial charge in [0.1, 0.15) is 0 Å². The molecule has 0 N–H and O–H groups in total. The Bertz CT molecular complexity index is 513. The van der Waals surface area contributed by atoms with E-state index in [1.807, 2.05) is 0 Å². The predicted octanol–water partition coefficient (Wildman–Crippen LogP) is 4.44. The van der Waals surface area contributed by atoms with Crippen molar-refractivity contribution < 1.29 is 0 Å². The van der Waals surface area contributed by atoms with Gasteiger partial charge in [0.25, 0.3) is 0 Å². The largest absolute Gasteiger partial charge is 0.0590 e. The summed E-state index contributed by atoms with van der Waals surface area (Å²) in [4.78, 5) is 0. The summed E-state index contributed by atoms with van der Waals surface area (Å²) in [5.41, 5.74) is 8.52. The molecule has 1 aliphatic rings. The second-order valence-electron chi connectivity index (χ2n) is 4.90. The maximum Gasteiger partial charge on any atom is 0.00733 e. The van der Waals surface area contributed by atoms with Crippen LogP contribution in [0.1, 0.15) is 35.1 Å². The standard InChI is InChI=1S/C16H16/c1-10-4-6-13-12(3)14-7-5-11(2)9-16(14)15(13)8-10/h4-9,12H,1-3H3. The van der Waals surface area contributed by atoms with Gasteiger partial charge in [-0.25, -0.2) is 0 Å². The van der Waals surface area contributed by atoms with Gasteiger partial charge < -0.3 is 0 Å². The quantitative estimate of drug-likeness (QED) is 0.600. The molecule has 0 unspecified atom stereocenters. The summed E-state index contributed by atoms with van der Waals surface area (Å²) >= 11 is 0. The van der Waals surface area contributed by atoms with Gasteiger partial charge in [-0.2, -0.15) is 0 Å². The molecular weight excluding hydrogens is 192 g/mol. The highest BCUT2D eigenvalue weighted by atomic mass is 14.3. The Labute approximate surface area is 96.9 Å². The normalized spacial score (nSPS) is 13.7. The fourth-order valence-corrected chi connectivity index (χ4v) is 2.73. The van der Waals surface area contributed by atoms with E-state index < -0.39 is 0 Å². The molecule has 0 fully saturated rings. The Kier molecular flexibility index (Phi) is 1.94. The van der Waals surface area contributed by atoms with Crippen LogP contribution < -0.4 is 0 Å². The highest BCUT2D eigenvalue weighted by molar-refractivity contribution is 5.79. The minimum atomic E-state index is 0.547. The molecule has 0 saturated heterocycles. The first kappa shape index (κ1) is 9.65. The number of rotatable bonds is 0. The first-order valence-corrected chi connectivity index (χ1v) is 5.88. The molecule has 0 spiro atoms. The van der Waals surface area contributed by atoms with E-state index in [0.29, 0.717) is 5.92 Å². The number of hydrogen-bond donors (Lipinski definition) is 0. The van der Waals surface area contributed by atoms with Crippen LogP contribution in [0.4, 0.5) is 0 Å². The molecule has 0 atom stereocenters. The number of benzene rings is 2. The van der Waals surface area contributed by atoms with Crippen LogP contribution in [0.2, 0.25) is 0 Å². The van der Waals surface area contributed by atoms with Crippen molar-refractivity contribution in [3.05, 3.63) is 58.7 Å². The molecule has 2 aromatic rings. The molecular formula is C16H16. The number of aryl methyl sites for hydroxylation is 2. The lowest BCUT2D eigenvalue weighted by molar-refractivity contribution is 0.955. The summed E-state index contributed by atoms with van der Waals surface area (Å²) in [7, 11) is 0. The van der Waals surface area contributed by atoms with Gasteiger partial charge in [0.2, 0.25) is 0 Å². The van der Waals surface area contributed by atoms with E-state index in [9.17, 15) is 0 Å². The highest BCUT2D eigenvalue weighted by Crippen LogP contribution is 2.44. The zero-order valence-electron chi connectivity index (χ0n) is 10.0. The van der Waals surface area contributed by atoms with Gasteiger partial charge in [0, 0.05) is 5.92 Å². The number of hydrogen-bond acceptors (Lipinski definition) is 0. The van der Waals surface area contributed by atoms with Crippen LogP contribution >= 0.6 is 0 Å². The van der Waals surface area contributed by atoms with Crippen molar-refractivity contribution in [3.8, 4) is 11.1 Å². The van der Waals surface area contributed by atoms with E-state index in [1.165, 1.54) is 33.4 Å². The summed E-state index contributed by atoms with van der Waals surface area (Å²) in [5.74, 6) is 0.547. The minimum absolute atomic E-state index is 0.547. The molecule has 80 valence electrons. The van der Waals surface area contributed by atoms with Gasteiger partial charge in [-0.3, -0.25) is 0 Å². The Morgan fingerprint density at radius 1 is 0.750 bits per heavy atom. The van der Waals surface area contributed by atoms with Crippen molar-refractivity contribution in [2.24, 2.45) is 0 Å².